The van der Waals surface area contributed by atoms with Crippen LogP contribution in [-0.4, -0.2) is 28.4 Å². The van der Waals surface area contributed by atoms with E-state index >= 15 is 0 Å². The predicted molar refractivity (Wildman–Crippen MR) is 124 cm³/mol. The standard InChI is InChI=1S/C23H17Cl2F3N4O2/c1-13-8-16(11-17(24)9-13)22(23(26,27)28)12-20(32-34-22)15-2-3-18(25)19(10-15)30-31-21(33)14-4-6-29-7-5-14/h2-8,10-11,30H,1,9,12H2,(H,31,33). The number of allylic oxidation sites excluding steroid dienone is 3. The number of aromatic nitrogens is 1. The molecule has 0 radical (unpaired) electrons. The predicted octanol–water partition coefficient (Wildman–Crippen LogP) is 5.93. The first-order valence-corrected chi connectivity index (χ1v) is 10.7. The van der Waals surface area contributed by atoms with Crippen LogP contribution in [0.3, 0.4) is 0 Å². The third kappa shape index (κ3) is 4.67. The molecule has 1 unspecified atom stereocenters. The van der Waals surface area contributed by atoms with Gasteiger partial charge in [-0.2, -0.15) is 13.2 Å². The Kier molecular flexibility index (Phi) is 6.42. The van der Waals surface area contributed by atoms with E-state index < -0.39 is 24.1 Å². The fourth-order valence-corrected chi connectivity index (χ4v) is 4.00. The zero-order chi connectivity index (χ0) is 24.5. The van der Waals surface area contributed by atoms with Gasteiger partial charge in [0, 0.05) is 47.0 Å². The first kappa shape index (κ1) is 23.8. The Hall–Kier alpha value is -3.30. The van der Waals surface area contributed by atoms with Crippen molar-refractivity contribution < 1.29 is 22.8 Å². The quantitative estimate of drug-likeness (QED) is 0.491. The normalized spacial score (nSPS) is 20.1. The maximum absolute atomic E-state index is 14.2. The van der Waals surface area contributed by atoms with E-state index in [1.807, 2.05) is 0 Å². The number of hydrazine groups is 1. The number of nitrogens with one attached hydrogen (secondary N) is 2. The Morgan fingerprint density at radius 2 is 1.88 bits per heavy atom. The summed E-state index contributed by atoms with van der Waals surface area (Å²) < 4.78 is 42.7. The highest BCUT2D eigenvalue weighted by molar-refractivity contribution is 6.33. The fraction of sp³-hybridized carbons (Fsp3) is 0.174. The molecule has 1 aliphatic heterocycles. The molecule has 4 rings (SSSR count). The molecular weight excluding hydrogens is 492 g/mol. The van der Waals surface area contributed by atoms with Crippen molar-refractivity contribution in [3.8, 4) is 0 Å². The number of pyridine rings is 1. The largest absolute Gasteiger partial charge is 0.435 e. The summed E-state index contributed by atoms with van der Waals surface area (Å²) in [5.74, 6) is -0.449. The number of hydrogen-bond acceptors (Lipinski definition) is 5. The first-order chi connectivity index (χ1) is 16.1. The fourth-order valence-electron chi connectivity index (χ4n) is 3.54. The second-order valence-corrected chi connectivity index (χ2v) is 8.56. The highest BCUT2D eigenvalue weighted by atomic mass is 35.5. The molecule has 1 amide bonds. The van der Waals surface area contributed by atoms with Crippen LogP contribution in [0.5, 0.6) is 0 Å². The second-order valence-electron chi connectivity index (χ2n) is 7.67. The molecule has 1 aromatic carbocycles. The van der Waals surface area contributed by atoms with Gasteiger partial charge in [0.15, 0.2) is 0 Å². The van der Waals surface area contributed by atoms with E-state index in [-0.39, 0.29) is 33.4 Å². The zero-order valence-corrected chi connectivity index (χ0v) is 18.9. The highest BCUT2D eigenvalue weighted by Crippen LogP contribution is 2.48. The van der Waals surface area contributed by atoms with Gasteiger partial charge >= 0.3 is 6.18 Å². The van der Waals surface area contributed by atoms with Gasteiger partial charge in [-0.15, -0.1) is 0 Å². The molecule has 0 fully saturated rings. The van der Waals surface area contributed by atoms with Crippen molar-refractivity contribution in [3.63, 3.8) is 0 Å². The number of hydrogen-bond donors (Lipinski definition) is 2. The summed E-state index contributed by atoms with van der Waals surface area (Å²) in [6, 6.07) is 7.51. The average Bonchev–Trinajstić information content (AvgIpc) is 3.25. The van der Waals surface area contributed by atoms with Crippen molar-refractivity contribution in [3.05, 3.63) is 93.8 Å². The number of alkyl halides is 3. The van der Waals surface area contributed by atoms with Crippen molar-refractivity contribution in [1.82, 2.24) is 10.4 Å². The van der Waals surface area contributed by atoms with Crippen LogP contribution in [0.2, 0.25) is 5.02 Å². The molecule has 0 bridgehead atoms. The summed E-state index contributed by atoms with van der Waals surface area (Å²) in [6.07, 6.45) is 0.402. The van der Waals surface area contributed by atoms with Crippen molar-refractivity contribution >= 4 is 40.5 Å². The smallest absolute Gasteiger partial charge is 0.374 e. The molecular formula is C23H17Cl2F3N4O2. The molecule has 2 aliphatic rings. The molecule has 2 aromatic rings. The van der Waals surface area contributed by atoms with Gasteiger partial charge in [-0.1, -0.05) is 47.1 Å². The summed E-state index contributed by atoms with van der Waals surface area (Å²) in [7, 11) is 0. The minimum absolute atomic E-state index is 0.0547. The Morgan fingerprint density at radius 3 is 2.56 bits per heavy atom. The second kappa shape index (κ2) is 9.15. The molecule has 6 nitrogen and oxygen atoms in total. The maximum Gasteiger partial charge on any atom is 0.435 e. The number of amides is 1. The molecule has 2 N–H and O–H groups in total. The van der Waals surface area contributed by atoms with Crippen LogP contribution in [-0.2, 0) is 4.84 Å². The lowest BCUT2D eigenvalue weighted by Crippen LogP contribution is -2.47. The molecule has 0 spiro atoms. The maximum atomic E-state index is 14.2. The monoisotopic (exact) mass is 508 g/mol. The minimum atomic E-state index is -4.78. The van der Waals surface area contributed by atoms with Crippen LogP contribution in [0, 0.1) is 0 Å². The molecule has 176 valence electrons. The molecule has 34 heavy (non-hydrogen) atoms. The lowest BCUT2D eigenvalue weighted by molar-refractivity contribution is -0.251. The van der Waals surface area contributed by atoms with Crippen LogP contribution in [0.25, 0.3) is 0 Å². The van der Waals surface area contributed by atoms with Gasteiger partial charge in [0.1, 0.15) is 0 Å². The Morgan fingerprint density at radius 1 is 1.15 bits per heavy atom. The van der Waals surface area contributed by atoms with E-state index in [9.17, 15) is 18.0 Å². The minimum Gasteiger partial charge on any atom is -0.374 e. The topological polar surface area (TPSA) is 75.6 Å². The number of carbonyl (C=O) groups excluding carboxylic acids is 1. The number of oxime groups is 1. The SMILES string of the molecule is C=C1C=C(C2(C(F)(F)F)CC(c3ccc(Cl)c(NNC(=O)c4ccncc4)c3)=NO2)C=C(Cl)C1. The van der Waals surface area contributed by atoms with E-state index in [4.69, 9.17) is 28.0 Å². The average molecular weight is 509 g/mol. The van der Waals surface area contributed by atoms with Crippen LogP contribution < -0.4 is 10.9 Å². The summed E-state index contributed by atoms with van der Waals surface area (Å²) >= 11 is 12.2. The number of rotatable bonds is 5. The van der Waals surface area contributed by atoms with Gasteiger partial charge in [-0.05, 0) is 35.9 Å². The van der Waals surface area contributed by atoms with E-state index in [0.717, 1.165) is 0 Å². The molecule has 0 saturated heterocycles. The van der Waals surface area contributed by atoms with Crippen LogP contribution in [0.1, 0.15) is 28.8 Å². The van der Waals surface area contributed by atoms with Gasteiger partial charge in [-0.25, -0.2) is 0 Å². The third-order valence-corrected chi connectivity index (χ3v) is 5.85. The summed E-state index contributed by atoms with van der Waals surface area (Å²) in [4.78, 5) is 21.1. The van der Waals surface area contributed by atoms with Gasteiger partial charge in [-0.3, -0.25) is 20.6 Å². The van der Waals surface area contributed by atoms with Crippen molar-refractivity contribution in [2.45, 2.75) is 24.6 Å². The van der Waals surface area contributed by atoms with Crippen LogP contribution in [0.4, 0.5) is 18.9 Å². The van der Waals surface area contributed by atoms with Gasteiger partial charge in [0.25, 0.3) is 11.5 Å². The van der Waals surface area contributed by atoms with Gasteiger partial charge in [0.05, 0.1) is 16.4 Å². The van der Waals surface area contributed by atoms with E-state index in [1.54, 1.807) is 0 Å². The van der Waals surface area contributed by atoms with Crippen molar-refractivity contribution in [2.24, 2.45) is 5.16 Å². The molecule has 1 aromatic heterocycles. The Balaban J connectivity index is 1.57. The Labute approximate surface area is 202 Å². The van der Waals surface area contributed by atoms with Crippen LogP contribution in [0.15, 0.2) is 82.8 Å². The van der Waals surface area contributed by atoms with Crippen molar-refractivity contribution in [1.29, 1.82) is 0 Å². The molecule has 11 heteroatoms. The number of anilines is 1. The lowest BCUT2D eigenvalue weighted by atomic mass is 9.83. The van der Waals surface area contributed by atoms with Gasteiger partial charge in [0.2, 0.25) is 0 Å². The Bertz CT molecular complexity index is 1240. The first-order valence-electron chi connectivity index (χ1n) is 9.93. The lowest BCUT2D eigenvalue weighted by Gasteiger charge is -2.31. The van der Waals surface area contributed by atoms with E-state index in [0.29, 0.717) is 16.7 Å². The van der Waals surface area contributed by atoms with Crippen molar-refractivity contribution in [2.75, 3.05) is 5.43 Å². The number of benzene rings is 1. The number of carbonyl (C=O) groups is 1. The molecule has 1 aliphatic carbocycles. The molecule has 0 saturated carbocycles. The van der Waals surface area contributed by atoms with Crippen LogP contribution >= 0.6 is 23.2 Å². The number of nitrogens with zero attached hydrogens (tertiary/aromatic N) is 2. The number of halogens is 5. The summed E-state index contributed by atoms with van der Waals surface area (Å²) in [5, 5.41) is 4.22. The summed E-state index contributed by atoms with van der Waals surface area (Å²) in [6.45, 7) is 3.73. The third-order valence-electron chi connectivity index (χ3n) is 5.27. The highest BCUT2D eigenvalue weighted by Gasteiger charge is 2.63. The molecule has 2 heterocycles. The molecule has 1 atom stereocenters. The van der Waals surface area contributed by atoms with Gasteiger partial charge < -0.3 is 4.84 Å². The summed E-state index contributed by atoms with van der Waals surface area (Å²) in [5.41, 5.74) is 3.74. The van der Waals surface area contributed by atoms with E-state index in [2.05, 4.69) is 27.6 Å². The zero-order valence-electron chi connectivity index (χ0n) is 17.4. The van der Waals surface area contributed by atoms with E-state index in [1.165, 1.54) is 54.9 Å².